The van der Waals surface area contributed by atoms with E-state index >= 15 is 0 Å². The van der Waals surface area contributed by atoms with Crippen molar-refractivity contribution in [2.75, 3.05) is 26.3 Å². The molecule has 2 aromatic carbocycles. The number of aliphatic imine (C=N–C) groups is 1. The van der Waals surface area contributed by atoms with Crippen LogP contribution < -0.4 is 25.4 Å². The summed E-state index contributed by atoms with van der Waals surface area (Å²) in [4.78, 5) is 68.2. The van der Waals surface area contributed by atoms with Gasteiger partial charge in [-0.15, -0.1) is 4.99 Å². The highest BCUT2D eigenvalue weighted by Crippen LogP contribution is 2.17. The minimum atomic E-state index is -1.10. The van der Waals surface area contributed by atoms with E-state index in [9.17, 15) is 24.0 Å². The summed E-state index contributed by atoms with van der Waals surface area (Å²) in [6.07, 6.45) is -2.76. The van der Waals surface area contributed by atoms with Crippen LogP contribution in [-0.4, -0.2) is 102 Å². The number of ether oxygens (including phenoxy) is 7. The molecule has 5 N–H and O–H groups in total. The fraction of sp³-hybridized carbons (Fsp3) is 0.545. The van der Waals surface area contributed by atoms with Gasteiger partial charge in [0.15, 0.2) is 0 Å². The highest BCUT2D eigenvalue weighted by Gasteiger charge is 2.30. The van der Waals surface area contributed by atoms with E-state index in [1.807, 2.05) is 0 Å². The Morgan fingerprint density at radius 2 is 0.968 bits per heavy atom. The molecule has 19 heteroatoms. The molecule has 2 aromatic rings. The second kappa shape index (κ2) is 23.7. The molecule has 0 aliphatic rings. The number of unbranched alkanes of at least 4 members (excludes halogenated alkanes) is 2. The summed E-state index contributed by atoms with van der Waals surface area (Å²) in [5.74, 6) is 0.771. The number of amidine groups is 3. The first-order valence-electron chi connectivity index (χ1n) is 20.5. The molecule has 0 aromatic heterocycles. The molecule has 19 nitrogen and oxygen atoms in total. The Balaban J connectivity index is 2.00. The quantitative estimate of drug-likeness (QED) is 0.0517. The van der Waals surface area contributed by atoms with Crippen LogP contribution in [0.5, 0.6) is 11.5 Å². The lowest BCUT2D eigenvalue weighted by Gasteiger charge is -2.27. The van der Waals surface area contributed by atoms with Gasteiger partial charge in [0.1, 0.15) is 45.6 Å². The summed E-state index contributed by atoms with van der Waals surface area (Å²) < 4.78 is 38.3. The number of rotatable bonds is 14. The highest BCUT2D eigenvalue weighted by atomic mass is 16.6. The minimum absolute atomic E-state index is 0.0840. The van der Waals surface area contributed by atoms with Crippen LogP contribution >= 0.6 is 0 Å². The maximum absolute atomic E-state index is 13.5. The van der Waals surface area contributed by atoms with Crippen LogP contribution in [0.2, 0.25) is 0 Å². The lowest BCUT2D eigenvalue weighted by molar-refractivity contribution is 0.0331. The molecule has 0 spiro atoms. The lowest BCUT2D eigenvalue weighted by atomic mass is 10.2. The highest BCUT2D eigenvalue weighted by molar-refractivity contribution is 6.05. The van der Waals surface area contributed by atoms with E-state index in [2.05, 4.69) is 20.9 Å². The zero-order chi connectivity index (χ0) is 47.6. The van der Waals surface area contributed by atoms with Crippen molar-refractivity contribution >= 4 is 48.2 Å². The maximum Gasteiger partial charge on any atom is 0.438 e. The van der Waals surface area contributed by atoms with Gasteiger partial charge >= 0.3 is 36.5 Å². The molecule has 2 rings (SSSR count). The number of nitrogens with one attached hydrogen (secondary N) is 5. The third kappa shape index (κ3) is 23.4. The van der Waals surface area contributed by atoms with Crippen molar-refractivity contribution in [2.24, 2.45) is 4.99 Å². The molecular formula is C44H65N7O12. The molecule has 0 radical (unpaired) electrons. The van der Waals surface area contributed by atoms with E-state index < -0.39 is 58.9 Å². The summed E-state index contributed by atoms with van der Waals surface area (Å²) in [7, 11) is 0. The first kappa shape index (κ1) is 52.7. The number of carbonyl (C=O) groups excluding carboxylic acids is 5. The zero-order valence-corrected chi connectivity index (χ0v) is 38.6. The van der Waals surface area contributed by atoms with E-state index in [0.717, 1.165) is 4.90 Å². The third-order valence-corrected chi connectivity index (χ3v) is 7.30. The molecule has 63 heavy (non-hydrogen) atoms. The van der Waals surface area contributed by atoms with Gasteiger partial charge in [0.2, 0.25) is 0 Å². The first-order chi connectivity index (χ1) is 29.1. The third-order valence-electron chi connectivity index (χ3n) is 7.30. The van der Waals surface area contributed by atoms with Gasteiger partial charge in [0, 0.05) is 24.2 Å². The summed E-state index contributed by atoms with van der Waals surface area (Å²) >= 11 is 0. The SMILES string of the molecule is CC(C)(C)OC(=O)N=C(OC(=O)NCCCCOc1ccc(C(=N)NC(=O)OC(C)(C)C)cc1)N(CCCCOc1ccc(C(=N)NC(=O)OC(C)(C)C)cc1)C(=O)OC(C)(C)C. The molecule has 0 aliphatic carbocycles. The van der Waals surface area contributed by atoms with Gasteiger partial charge in [-0.25, -0.2) is 28.9 Å². The van der Waals surface area contributed by atoms with Crippen molar-refractivity contribution in [1.82, 2.24) is 20.9 Å². The van der Waals surface area contributed by atoms with Gasteiger partial charge in [0.05, 0.1) is 13.2 Å². The average Bonchev–Trinajstić information content (AvgIpc) is 3.11. The molecule has 0 unspecified atom stereocenters. The molecule has 0 heterocycles. The molecule has 0 saturated carbocycles. The second-order valence-corrected chi connectivity index (χ2v) is 18.0. The molecule has 0 atom stereocenters. The van der Waals surface area contributed by atoms with E-state index in [1.165, 1.54) is 0 Å². The van der Waals surface area contributed by atoms with Gasteiger partial charge < -0.3 is 38.5 Å². The number of nitrogens with zero attached hydrogens (tertiary/aromatic N) is 2. The van der Waals surface area contributed by atoms with Crippen molar-refractivity contribution in [3.05, 3.63) is 59.7 Å². The molecule has 0 bridgehead atoms. The standard InChI is InChI=1S/C44H65N7O12/c1-41(2,3)60-37(53)48-33(45)29-17-21-31(22-18-29)57-27-15-13-25-47-36(52)59-35(50-39(55)62-43(7,8)9)51(40(56)63-44(10,11)12)26-14-16-28-58-32-23-19-30(20-24-32)34(46)49-38(54)61-42(4,5)6/h17-24H,13-16,25-28H2,1-12H3,(H,47,52)(H2,45,48,53)(H2,46,49,54). The largest absolute Gasteiger partial charge is 0.494 e. The summed E-state index contributed by atoms with van der Waals surface area (Å²) in [5, 5.41) is 23.6. The van der Waals surface area contributed by atoms with Crippen molar-refractivity contribution < 1.29 is 57.1 Å². The molecule has 5 amide bonds. The molecular weight excluding hydrogens is 819 g/mol. The van der Waals surface area contributed by atoms with E-state index in [1.54, 1.807) is 132 Å². The Labute approximate surface area is 369 Å². The van der Waals surface area contributed by atoms with Crippen LogP contribution in [0.1, 0.15) is 120 Å². The van der Waals surface area contributed by atoms with Crippen LogP contribution in [0.15, 0.2) is 53.5 Å². The number of alkyl carbamates (subject to hydrolysis) is 3. The van der Waals surface area contributed by atoms with Crippen molar-refractivity contribution in [3.8, 4) is 11.5 Å². The second-order valence-electron chi connectivity index (χ2n) is 18.0. The first-order valence-corrected chi connectivity index (χ1v) is 20.5. The van der Waals surface area contributed by atoms with Crippen LogP contribution in [0.25, 0.3) is 0 Å². The maximum atomic E-state index is 13.5. The van der Waals surface area contributed by atoms with Gasteiger partial charge in [-0.1, -0.05) is 0 Å². The monoisotopic (exact) mass is 883 g/mol. The van der Waals surface area contributed by atoms with Gasteiger partial charge in [-0.3, -0.25) is 21.5 Å². The molecule has 0 saturated heterocycles. The fourth-order valence-electron chi connectivity index (χ4n) is 4.76. The van der Waals surface area contributed by atoms with E-state index in [0.29, 0.717) is 54.9 Å². The summed E-state index contributed by atoms with van der Waals surface area (Å²) in [6.45, 7) is 20.8. The van der Waals surface area contributed by atoms with Crippen molar-refractivity contribution in [1.29, 1.82) is 10.8 Å². The average molecular weight is 884 g/mol. The molecule has 0 aliphatic heterocycles. The van der Waals surface area contributed by atoms with E-state index in [-0.39, 0.29) is 31.4 Å². The van der Waals surface area contributed by atoms with E-state index in [4.69, 9.17) is 44.0 Å². The molecule has 348 valence electrons. The normalized spacial score (nSPS) is 11.9. The number of benzene rings is 2. The minimum Gasteiger partial charge on any atom is -0.494 e. The zero-order valence-electron chi connectivity index (χ0n) is 38.6. The molecule has 0 fully saturated rings. The van der Waals surface area contributed by atoms with Gasteiger partial charge in [-0.05, 0) is 157 Å². The van der Waals surface area contributed by atoms with Crippen molar-refractivity contribution in [2.45, 2.75) is 131 Å². The predicted molar refractivity (Wildman–Crippen MR) is 236 cm³/mol. The Morgan fingerprint density at radius 1 is 0.556 bits per heavy atom. The number of hydrogen-bond acceptors (Lipinski definition) is 14. The van der Waals surface area contributed by atoms with Crippen LogP contribution in [0, 0.1) is 10.8 Å². The Morgan fingerprint density at radius 3 is 1.38 bits per heavy atom. The topological polar surface area (TPSA) is 249 Å². The van der Waals surface area contributed by atoms with Gasteiger partial charge in [-0.2, -0.15) is 0 Å². The predicted octanol–water partition coefficient (Wildman–Crippen LogP) is 8.66. The Bertz CT molecular complexity index is 1910. The lowest BCUT2D eigenvalue weighted by Crippen LogP contribution is -2.45. The van der Waals surface area contributed by atoms with Crippen LogP contribution in [0.4, 0.5) is 24.0 Å². The number of carbonyl (C=O) groups is 5. The number of amides is 5. The number of hydrogen-bond donors (Lipinski definition) is 5. The van der Waals surface area contributed by atoms with Gasteiger partial charge in [0.25, 0.3) is 0 Å². The van der Waals surface area contributed by atoms with Crippen LogP contribution in [0.3, 0.4) is 0 Å². The summed E-state index contributed by atoms with van der Waals surface area (Å²) in [5.41, 5.74) is -2.41. The van der Waals surface area contributed by atoms with Crippen LogP contribution in [-0.2, 0) is 23.7 Å². The Hall–Kier alpha value is -6.40. The summed E-state index contributed by atoms with van der Waals surface area (Å²) in [6, 6.07) is 12.4. The smallest absolute Gasteiger partial charge is 0.438 e. The Kier molecular flexibility index (Phi) is 19.9. The fourth-order valence-corrected chi connectivity index (χ4v) is 4.76. The van der Waals surface area contributed by atoms with Crippen molar-refractivity contribution in [3.63, 3.8) is 0 Å².